The molecule has 1 N–H and O–H groups in total. The van der Waals surface area contributed by atoms with Crippen LogP contribution in [0.5, 0.6) is 5.75 Å². The second-order valence-corrected chi connectivity index (χ2v) is 7.24. The van der Waals surface area contributed by atoms with Crippen LogP contribution in [0, 0.1) is 0 Å². The van der Waals surface area contributed by atoms with Gasteiger partial charge in [-0.1, -0.05) is 25.0 Å². The number of pyridine rings is 1. The van der Waals surface area contributed by atoms with Crippen LogP contribution < -0.4 is 10.1 Å². The maximum absolute atomic E-state index is 12.1. The zero-order valence-electron chi connectivity index (χ0n) is 14.2. The Balaban J connectivity index is 1.50. The van der Waals surface area contributed by atoms with E-state index in [1.54, 1.807) is 36.0 Å². The number of aromatic nitrogens is 2. The summed E-state index contributed by atoms with van der Waals surface area (Å²) >= 11 is 1.58. The summed E-state index contributed by atoms with van der Waals surface area (Å²) in [5, 5.41) is 5.81. The molecular weight excluding hydrogens is 346 g/mol. The quantitative estimate of drug-likeness (QED) is 0.714. The van der Waals surface area contributed by atoms with E-state index in [2.05, 4.69) is 15.3 Å². The predicted octanol–water partition coefficient (Wildman–Crippen LogP) is 4.90. The molecule has 0 unspecified atom stereocenters. The van der Waals surface area contributed by atoms with Crippen molar-refractivity contribution < 1.29 is 9.53 Å². The van der Waals surface area contributed by atoms with Gasteiger partial charge in [-0.15, -0.1) is 11.3 Å². The van der Waals surface area contributed by atoms with Crippen LogP contribution in [0.3, 0.4) is 0 Å². The van der Waals surface area contributed by atoms with Crippen LogP contribution in [-0.4, -0.2) is 22.1 Å². The molecule has 0 spiro atoms. The monoisotopic (exact) mass is 365 g/mol. The Morgan fingerprint density at radius 1 is 1.12 bits per heavy atom. The van der Waals surface area contributed by atoms with Gasteiger partial charge in [0, 0.05) is 41.1 Å². The van der Waals surface area contributed by atoms with Gasteiger partial charge in [-0.05, 0) is 36.6 Å². The summed E-state index contributed by atoms with van der Waals surface area (Å²) in [6.45, 7) is 0. The smallest absolute Gasteiger partial charge is 0.410 e. The van der Waals surface area contributed by atoms with E-state index in [0.29, 0.717) is 5.75 Å². The average Bonchev–Trinajstić information content (AvgIpc) is 3.36. The summed E-state index contributed by atoms with van der Waals surface area (Å²) < 4.78 is 5.46. The van der Waals surface area contributed by atoms with Crippen molar-refractivity contribution in [2.24, 2.45) is 0 Å². The molecule has 0 aliphatic heterocycles. The number of hydrogen-bond donors (Lipinski definition) is 1. The molecule has 0 bridgehead atoms. The molecule has 1 aromatic carbocycles. The molecule has 1 amide bonds. The van der Waals surface area contributed by atoms with Gasteiger partial charge in [0.25, 0.3) is 0 Å². The van der Waals surface area contributed by atoms with Gasteiger partial charge >= 0.3 is 6.09 Å². The van der Waals surface area contributed by atoms with Crippen molar-refractivity contribution in [2.75, 3.05) is 0 Å². The molecule has 1 aliphatic carbocycles. The van der Waals surface area contributed by atoms with E-state index < -0.39 is 0 Å². The van der Waals surface area contributed by atoms with Crippen LogP contribution in [0.25, 0.3) is 21.7 Å². The van der Waals surface area contributed by atoms with E-state index in [4.69, 9.17) is 4.74 Å². The summed E-state index contributed by atoms with van der Waals surface area (Å²) in [6.07, 6.45) is 9.40. The van der Waals surface area contributed by atoms with Gasteiger partial charge < -0.3 is 10.1 Å². The Bertz CT molecular complexity index is 890. The number of benzene rings is 1. The van der Waals surface area contributed by atoms with Crippen molar-refractivity contribution in [3.05, 3.63) is 54.3 Å². The lowest BCUT2D eigenvalue weighted by molar-refractivity contribution is 0.196. The van der Waals surface area contributed by atoms with E-state index in [9.17, 15) is 4.79 Å². The largest absolute Gasteiger partial charge is 0.412 e. The summed E-state index contributed by atoms with van der Waals surface area (Å²) in [6, 6.07) is 9.79. The number of nitrogens with zero attached hydrogens (tertiary/aromatic N) is 2. The highest BCUT2D eigenvalue weighted by atomic mass is 32.1. The van der Waals surface area contributed by atoms with Gasteiger partial charge in [-0.2, -0.15) is 0 Å². The van der Waals surface area contributed by atoms with Gasteiger partial charge in [0.15, 0.2) is 0 Å². The molecule has 0 atom stereocenters. The highest BCUT2D eigenvalue weighted by molar-refractivity contribution is 7.13. The number of rotatable bonds is 4. The second-order valence-electron chi connectivity index (χ2n) is 6.34. The van der Waals surface area contributed by atoms with Gasteiger partial charge in [0.2, 0.25) is 0 Å². The van der Waals surface area contributed by atoms with Crippen molar-refractivity contribution in [3.8, 4) is 27.4 Å². The first-order valence-corrected chi connectivity index (χ1v) is 9.59. The third kappa shape index (κ3) is 3.91. The Morgan fingerprint density at radius 3 is 2.77 bits per heavy atom. The zero-order chi connectivity index (χ0) is 17.8. The first-order valence-electron chi connectivity index (χ1n) is 8.71. The number of amides is 1. The van der Waals surface area contributed by atoms with Crippen LogP contribution in [-0.2, 0) is 0 Å². The first kappa shape index (κ1) is 16.7. The number of thiazole rings is 1. The molecule has 5 nitrogen and oxygen atoms in total. The Hall–Kier alpha value is -2.73. The van der Waals surface area contributed by atoms with Crippen LogP contribution in [0.2, 0.25) is 0 Å². The van der Waals surface area contributed by atoms with E-state index in [-0.39, 0.29) is 12.1 Å². The van der Waals surface area contributed by atoms with Gasteiger partial charge in [0.1, 0.15) is 10.8 Å². The van der Waals surface area contributed by atoms with E-state index >= 15 is 0 Å². The van der Waals surface area contributed by atoms with E-state index in [1.165, 1.54) is 12.8 Å². The van der Waals surface area contributed by atoms with Crippen molar-refractivity contribution in [1.29, 1.82) is 0 Å². The lowest BCUT2D eigenvalue weighted by Crippen LogP contribution is -2.34. The molecule has 0 saturated heterocycles. The molecule has 1 fully saturated rings. The fraction of sp³-hybridized carbons (Fsp3) is 0.250. The van der Waals surface area contributed by atoms with Gasteiger partial charge in [-0.25, -0.2) is 9.78 Å². The van der Waals surface area contributed by atoms with E-state index in [0.717, 1.165) is 34.5 Å². The average molecular weight is 365 g/mol. The van der Waals surface area contributed by atoms with Crippen LogP contribution in [0.15, 0.2) is 54.3 Å². The minimum Gasteiger partial charge on any atom is -0.410 e. The fourth-order valence-corrected chi connectivity index (χ4v) is 3.81. The molecule has 4 rings (SSSR count). The molecule has 3 aromatic rings. The lowest BCUT2D eigenvalue weighted by atomic mass is 10.1. The number of carbonyl (C=O) groups is 1. The molecule has 0 radical (unpaired) electrons. The number of ether oxygens (including phenoxy) is 1. The number of carbonyl (C=O) groups excluding carboxylic acids is 1. The summed E-state index contributed by atoms with van der Waals surface area (Å²) in [5.41, 5.74) is 2.88. The topological polar surface area (TPSA) is 64.1 Å². The Kier molecular flexibility index (Phi) is 4.93. The minimum atomic E-state index is -0.385. The van der Waals surface area contributed by atoms with Crippen molar-refractivity contribution in [1.82, 2.24) is 15.3 Å². The minimum absolute atomic E-state index is 0.241. The summed E-state index contributed by atoms with van der Waals surface area (Å²) in [7, 11) is 0. The third-order valence-corrected chi connectivity index (χ3v) is 5.29. The van der Waals surface area contributed by atoms with Crippen LogP contribution in [0.1, 0.15) is 25.7 Å². The molecular formula is C20H19N3O2S. The lowest BCUT2D eigenvalue weighted by Gasteiger charge is -2.12. The Labute approximate surface area is 156 Å². The summed E-state index contributed by atoms with van der Waals surface area (Å²) in [4.78, 5) is 20.7. The molecule has 6 heteroatoms. The number of hydrogen-bond acceptors (Lipinski definition) is 5. The normalized spacial score (nSPS) is 14.3. The Morgan fingerprint density at radius 2 is 1.96 bits per heavy atom. The standard InChI is InChI=1S/C20H19N3O2S/c24-20(23-17-5-1-2-6-17)25-18-7-3-4-14(11-18)15-10-16(13-21-12-15)19-22-8-9-26-19/h3-4,7-13,17H,1-2,5-6H2,(H,23,24). The predicted molar refractivity (Wildman–Crippen MR) is 102 cm³/mol. The van der Waals surface area contributed by atoms with E-state index in [1.807, 2.05) is 29.6 Å². The van der Waals surface area contributed by atoms with Crippen molar-refractivity contribution >= 4 is 17.4 Å². The van der Waals surface area contributed by atoms with Crippen LogP contribution >= 0.6 is 11.3 Å². The maximum Gasteiger partial charge on any atom is 0.412 e. The van der Waals surface area contributed by atoms with Gasteiger partial charge in [-0.3, -0.25) is 4.98 Å². The highest BCUT2D eigenvalue weighted by Crippen LogP contribution is 2.28. The van der Waals surface area contributed by atoms with Crippen molar-refractivity contribution in [2.45, 2.75) is 31.7 Å². The molecule has 1 saturated carbocycles. The third-order valence-electron chi connectivity index (χ3n) is 4.47. The SMILES string of the molecule is O=C(NC1CCCC1)Oc1cccc(-c2cncc(-c3nccs3)c2)c1. The molecule has 2 aromatic heterocycles. The molecule has 2 heterocycles. The first-order chi connectivity index (χ1) is 12.8. The highest BCUT2D eigenvalue weighted by Gasteiger charge is 2.18. The van der Waals surface area contributed by atoms with Gasteiger partial charge in [0.05, 0.1) is 0 Å². The van der Waals surface area contributed by atoms with Crippen molar-refractivity contribution in [3.63, 3.8) is 0 Å². The zero-order valence-corrected chi connectivity index (χ0v) is 15.0. The second kappa shape index (κ2) is 7.66. The maximum atomic E-state index is 12.1. The summed E-state index contributed by atoms with van der Waals surface area (Å²) in [5.74, 6) is 0.526. The molecule has 132 valence electrons. The van der Waals surface area contributed by atoms with Crippen LogP contribution in [0.4, 0.5) is 4.79 Å². The molecule has 26 heavy (non-hydrogen) atoms. The molecule has 1 aliphatic rings. The number of nitrogens with one attached hydrogen (secondary N) is 1. The fourth-order valence-electron chi connectivity index (χ4n) is 3.19.